The summed E-state index contributed by atoms with van der Waals surface area (Å²) >= 11 is 1.69. The largest absolute Gasteiger partial charge is 0.461 e. The summed E-state index contributed by atoms with van der Waals surface area (Å²) < 4.78 is 6.39. The van der Waals surface area contributed by atoms with Gasteiger partial charge in [0.05, 0.1) is 20.1 Å². The summed E-state index contributed by atoms with van der Waals surface area (Å²) in [5.74, 6) is -0.257. The van der Waals surface area contributed by atoms with E-state index in [9.17, 15) is 14.9 Å². The number of carbonyl (C=O) groups is 1. The van der Waals surface area contributed by atoms with Crippen LogP contribution in [-0.4, -0.2) is 15.9 Å². The smallest absolute Gasteiger partial charge is 0.306 e. The maximum Gasteiger partial charge on any atom is 0.306 e. The average Bonchev–Trinajstić information content (AvgIpc) is 3.06. The van der Waals surface area contributed by atoms with Gasteiger partial charge in [0, 0.05) is 18.6 Å². The molecule has 1 heterocycles. The molecule has 0 aliphatic carbocycles. The fourth-order valence-corrected chi connectivity index (χ4v) is 3.53. The Labute approximate surface area is 154 Å². The van der Waals surface area contributed by atoms with Crippen molar-refractivity contribution < 1.29 is 14.5 Å². The second kappa shape index (κ2) is 8.53. The fraction of sp³-hybridized carbons (Fsp3) is 0.263. The van der Waals surface area contributed by atoms with Gasteiger partial charge in [0.2, 0.25) is 0 Å². The molecule has 26 heavy (non-hydrogen) atoms. The normalized spacial score (nSPS) is 10.8. The Bertz CT molecular complexity index is 872. The zero-order valence-corrected chi connectivity index (χ0v) is 14.9. The molecule has 0 fully saturated rings. The zero-order valence-electron chi connectivity index (χ0n) is 14.1. The molecule has 0 amide bonds. The molecule has 0 bridgehead atoms. The topological polar surface area (TPSA) is 82.3 Å². The third-order valence-corrected chi connectivity index (χ3v) is 5.00. The average molecular weight is 370 g/mol. The van der Waals surface area contributed by atoms with Crippen LogP contribution in [0.3, 0.4) is 0 Å². The van der Waals surface area contributed by atoms with Crippen LogP contribution in [0, 0.1) is 10.1 Å². The molecule has 0 saturated heterocycles. The Hall–Kier alpha value is -2.80. The van der Waals surface area contributed by atoms with Crippen molar-refractivity contribution in [1.82, 2.24) is 4.98 Å². The maximum absolute atomic E-state index is 11.8. The number of rotatable bonds is 8. The van der Waals surface area contributed by atoms with Crippen molar-refractivity contribution in [3.8, 4) is 0 Å². The van der Waals surface area contributed by atoms with Crippen molar-refractivity contribution >= 4 is 33.2 Å². The number of nitrogens with zero attached hydrogens (tertiary/aromatic N) is 2. The highest BCUT2D eigenvalue weighted by molar-refractivity contribution is 7.18. The molecule has 0 aliphatic heterocycles. The van der Waals surface area contributed by atoms with E-state index in [4.69, 9.17) is 4.74 Å². The van der Waals surface area contributed by atoms with Crippen LogP contribution < -0.4 is 0 Å². The predicted octanol–water partition coefficient (Wildman–Crippen LogP) is 4.66. The highest BCUT2D eigenvalue weighted by atomic mass is 32.1. The molecule has 134 valence electrons. The Morgan fingerprint density at radius 1 is 1.12 bits per heavy atom. The summed E-state index contributed by atoms with van der Waals surface area (Å²) in [5.41, 5.74) is 1.78. The number of nitro benzene ring substituents is 1. The lowest BCUT2D eigenvalue weighted by molar-refractivity contribution is -0.384. The van der Waals surface area contributed by atoms with Gasteiger partial charge in [0.25, 0.3) is 5.69 Å². The number of unbranched alkanes of at least 4 members (excludes halogenated alkanes) is 1. The lowest BCUT2D eigenvalue weighted by Gasteiger charge is -2.04. The van der Waals surface area contributed by atoms with Gasteiger partial charge in [0.15, 0.2) is 0 Å². The number of hydrogen-bond acceptors (Lipinski definition) is 6. The lowest BCUT2D eigenvalue weighted by Crippen LogP contribution is -2.04. The van der Waals surface area contributed by atoms with E-state index in [1.165, 1.54) is 16.8 Å². The van der Waals surface area contributed by atoms with Crippen LogP contribution in [0.2, 0.25) is 0 Å². The van der Waals surface area contributed by atoms with Gasteiger partial charge in [-0.05, 0) is 49.1 Å². The first-order chi connectivity index (χ1) is 12.6. The molecule has 0 atom stereocenters. The summed E-state index contributed by atoms with van der Waals surface area (Å²) in [6, 6.07) is 14.0. The molecule has 3 aromatic rings. The first-order valence-corrected chi connectivity index (χ1v) is 9.17. The number of aromatic nitrogens is 1. The molecular weight excluding hydrogens is 352 g/mol. The van der Waals surface area contributed by atoms with Crippen LogP contribution in [0.4, 0.5) is 5.69 Å². The van der Waals surface area contributed by atoms with E-state index in [2.05, 4.69) is 11.1 Å². The third-order valence-electron chi connectivity index (χ3n) is 3.91. The fourth-order valence-electron chi connectivity index (χ4n) is 2.52. The zero-order chi connectivity index (χ0) is 18.4. The number of para-hydroxylation sites is 1. The molecule has 2 aromatic carbocycles. The molecule has 0 N–H and O–H groups in total. The molecule has 3 rings (SSSR count). The SMILES string of the molecule is O=C(CCCCc1nc2ccccc2s1)OCc1ccc([N+](=O)[O-])cc1. The van der Waals surface area contributed by atoms with E-state index in [1.807, 2.05) is 18.2 Å². The second-order valence-electron chi connectivity index (χ2n) is 5.87. The van der Waals surface area contributed by atoms with Crippen molar-refractivity contribution in [2.45, 2.75) is 32.3 Å². The number of aryl methyl sites for hydroxylation is 1. The van der Waals surface area contributed by atoms with Gasteiger partial charge in [-0.25, -0.2) is 4.98 Å². The molecule has 0 saturated carbocycles. The first-order valence-electron chi connectivity index (χ1n) is 8.35. The molecule has 0 radical (unpaired) electrons. The maximum atomic E-state index is 11.8. The van der Waals surface area contributed by atoms with E-state index < -0.39 is 4.92 Å². The van der Waals surface area contributed by atoms with Gasteiger partial charge in [-0.1, -0.05) is 12.1 Å². The number of carbonyl (C=O) groups excluding carboxylic acids is 1. The quantitative estimate of drug-likeness (QED) is 0.249. The summed E-state index contributed by atoms with van der Waals surface area (Å²) in [7, 11) is 0. The van der Waals surface area contributed by atoms with Crippen molar-refractivity contribution in [2.24, 2.45) is 0 Å². The van der Waals surface area contributed by atoms with Gasteiger partial charge in [-0.3, -0.25) is 14.9 Å². The number of benzene rings is 2. The van der Waals surface area contributed by atoms with Crippen LogP contribution in [0.15, 0.2) is 48.5 Å². The van der Waals surface area contributed by atoms with E-state index in [1.54, 1.807) is 23.5 Å². The van der Waals surface area contributed by atoms with Gasteiger partial charge in [-0.2, -0.15) is 0 Å². The number of nitro groups is 1. The van der Waals surface area contributed by atoms with E-state index >= 15 is 0 Å². The minimum atomic E-state index is -0.457. The summed E-state index contributed by atoms with van der Waals surface area (Å²) in [6.07, 6.45) is 2.84. The van der Waals surface area contributed by atoms with Crippen molar-refractivity contribution in [3.05, 3.63) is 69.2 Å². The number of thiazole rings is 1. The highest BCUT2D eigenvalue weighted by Gasteiger charge is 2.08. The van der Waals surface area contributed by atoms with Crippen LogP contribution in [0.1, 0.15) is 29.8 Å². The van der Waals surface area contributed by atoms with Crippen LogP contribution >= 0.6 is 11.3 Å². The van der Waals surface area contributed by atoms with Gasteiger partial charge >= 0.3 is 5.97 Å². The number of fused-ring (bicyclic) bond motifs is 1. The van der Waals surface area contributed by atoms with Gasteiger partial charge in [-0.15, -0.1) is 11.3 Å². The molecule has 1 aromatic heterocycles. The van der Waals surface area contributed by atoms with Crippen LogP contribution in [0.5, 0.6) is 0 Å². The minimum Gasteiger partial charge on any atom is -0.461 e. The molecular formula is C19H18N2O4S. The molecule has 6 nitrogen and oxygen atoms in total. The molecule has 0 aliphatic rings. The summed E-state index contributed by atoms with van der Waals surface area (Å²) in [4.78, 5) is 26.5. The standard InChI is InChI=1S/C19H18N2O4S/c22-19(25-13-14-9-11-15(12-10-14)21(23)24)8-4-3-7-18-20-16-5-1-2-6-17(16)26-18/h1-2,5-6,9-12H,3-4,7-8,13H2. The molecule has 0 unspecified atom stereocenters. The first kappa shape index (κ1) is 18.0. The summed E-state index contributed by atoms with van der Waals surface area (Å²) in [6.45, 7) is 0.134. The Kier molecular flexibility index (Phi) is 5.91. The predicted molar refractivity (Wildman–Crippen MR) is 100 cm³/mol. The molecule has 7 heteroatoms. The number of ether oxygens (including phenoxy) is 1. The van der Waals surface area contributed by atoms with Gasteiger partial charge in [0.1, 0.15) is 6.61 Å². The lowest BCUT2D eigenvalue weighted by atomic mass is 10.2. The Morgan fingerprint density at radius 2 is 1.88 bits per heavy atom. The van der Waals surface area contributed by atoms with Crippen molar-refractivity contribution in [1.29, 1.82) is 0 Å². The van der Waals surface area contributed by atoms with Gasteiger partial charge < -0.3 is 4.74 Å². The molecule has 0 spiro atoms. The van der Waals surface area contributed by atoms with E-state index in [-0.39, 0.29) is 18.3 Å². The highest BCUT2D eigenvalue weighted by Crippen LogP contribution is 2.23. The van der Waals surface area contributed by atoms with Crippen LogP contribution in [0.25, 0.3) is 10.2 Å². The second-order valence-corrected chi connectivity index (χ2v) is 6.98. The number of hydrogen-bond donors (Lipinski definition) is 0. The summed E-state index contributed by atoms with van der Waals surface area (Å²) in [5, 5.41) is 11.7. The third kappa shape index (κ3) is 4.86. The van der Waals surface area contributed by atoms with Crippen molar-refractivity contribution in [2.75, 3.05) is 0 Å². The monoisotopic (exact) mass is 370 g/mol. The number of esters is 1. The minimum absolute atomic E-state index is 0.0231. The van der Waals surface area contributed by atoms with Crippen LogP contribution in [-0.2, 0) is 22.6 Å². The van der Waals surface area contributed by atoms with E-state index in [0.29, 0.717) is 6.42 Å². The van der Waals surface area contributed by atoms with Crippen molar-refractivity contribution in [3.63, 3.8) is 0 Å². The van der Waals surface area contributed by atoms with E-state index in [0.717, 1.165) is 35.4 Å². The Morgan fingerprint density at radius 3 is 2.62 bits per heavy atom. The number of non-ortho nitro benzene ring substituents is 1. The Balaban J connectivity index is 1.36.